The molecule has 0 N–H and O–H groups in total. The summed E-state index contributed by atoms with van der Waals surface area (Å²) >= 11 is 5.78. The lowest BCUT2D eigenvalue weighted by Gasteiger charge is -2.09. The molecule has 0 spiro atoms. The molecular weight excluding hydrogens is 250 g/mol. The fourth-order valence-corrected chi connectivity index (χ4v) is 1.73. The van der Waals surface area contributed by atoms with Gasteiger partial charge in [-0.15, -0.1) is 11.6 Å². The van der Waals surface area contributed by atoms with Gasteiger partial charge in [0.05, 0.1) is 11.6 Å². The van der Waals surface area contributed by atoms with E-state index in [-0.39, 0.29) is 5.88 Å². The minimum absolute atomic E-state index is 0.214. The molecule has 1 aromatic heterocycles. The standard InChI is InChI=1S/C14H12ClNO2/c15-8-13-14(7-6-12(9-17)16-13)18-10-11-4-2-1-3-5-11/h1-7,9H,8,10H2. The van der Waals surface area contributed by atoms with Gasteiger partial charge < -0.3 is 4.74 Å². The molecule has 0 saturated heterocycles. The topological polar surface area (TPSA) is 39.2 Å². The largest absolute Gasteiger partial charge is 0.487 e. The first-order valence-electron chi connectivity index (χ1n) is 5.51. The molecule has 4 heteroatoms. The van der Waals surface area contributed by atoms with Gasteiger partial charge >= 0.3 is 0 Å². The number of ether oxygens (including phenoxy) is 1. The Balaban J connectivity index is 2.11. The van der Waals surface area contributed by atoms with Crippen molar-refractivity contribution in [3.63, 3.8) is 0 Å². The molecule has 0 bridgehead atoms. The van der Waals surface area contributed by atoms with Crippen LogP contribution >= 0.6 is 11.6 Å². The molecule has 0 fully saturated rings. The summed E-state index contributed by atoms with van der Waals surface area (Å²) in [6.07, 6.45) is 0.691. The SMILES string of the molecule is O=Cc1ccc(OCc2ccccc2)c(CCl)n1. The third-order valence-electron chi connectivity index (χ3n) is 2.44. The zero-order chi connectivity index (χ0) is 12.8. The first kappa shape index (κ1) is 12.6. The van der Waals surface area contributed by atoms with Crippen molar-refractivity contribution in [1.29, 1.82) is 0 Å². The first-order valence-corrected chi connectivity index (χ1v) is 6.04. The summed E-state index contributed by atoms with van der Waals surface area (Å²) in [5.41, 5.74) is 2.01. The third-order valence-corrected chi connectivity index (χ3v) is 2.69. The maximum absolute atomic E-state index is 10.6. The van der Waals surface area contributed by atoms with Crippen LogP contribution in [0.2, 0.25) is 0 Å². The Hall–Kier alpha value is -1.87. The van der Waals surface area contributed by atoms with Crippen molar-refractivity contribution in [2.45, 2.75) is 12.5 Å². The summed E-state index contributed by atoms with van der Waals surface area (Å²) in [5.74, 6) is 0.825. The molecule has 2 aromatic rings. The van der Waals surface area contributed by atoms with E-state index in [0.717, 1.165) is 5.56 Å². The second-order valence-corrected chi connectivity index (χ2v) is 3.97. The van der Waals surface area contributed by atoms with Crippen molar-refractivity contribution >= 4 is 17.9 Å². The van der Waals surface area contributed by atoms with Crippen LogP contribution in [0.15, 0.2) is 42.5 Å². The minimum atomic E-state index is 0.214. The van der Waals surface area contributed by atoms with Gasteiger partial charge in [-0.05, 0) is 17.7 Å². The lowest BCUT2D eigenvalue weighted by atomic mass is 10.2. The van der Waals surface area contributed by atoms with Gasteiger partial charge in [0, 0.05) is 0 Å². The molecule has 92 valence electrons. The van der Waals surface area contributed by atoms with Crippen LogP contribution in [-0.4, -0.2) is 11.3 Å². The Labute approximate surface area is 110 Å². The first-order chi connectivity index (χ1) is 8.83. The lowest BCUT2D eigenvalue weighted by molar-refractivity contribution is 0.111. The molecule has 0 unspecified atom stereocenters. The van der Waals surface area contributed by atoms with Gasteiger partial charge in [-0.25, -0.2) is 4.98 Å². The number of hydrogen-bond acceptors (Lipinski definition) is 3. The van der Waals surface area contributed by atoms with E-state index in [2.05, 4.69) is 4.98 Å². The molecule has 3 nitrogen and oxygen atoms in total. The van der Waals surface area contributed by atoms with E-state index in [1.54, 1.807) is 12.1 Å². The molecule has 0 atom stereocenters. The van der Waals surface area contributed by atoms with Crippen molar-refractivity contribution in [3.8, 4) is 5.75 Å². The summed E-state index contributed by atoms with van der Waals surface area (Å²) in [6.45, 7) is 0.451. The monoisotopic (exact) mass is 261 g/mol. The van der Waals surface area contributed by atoms with E-state index in [1.165, 1.54) is 0 Å². The van der Waals surface area contributed by atoms with Crippen LogP contribution in [0.25, 0.3) is 0 Å². The quantitative estimate of drug-likeness (QED) is 0.613. The number of carbonyl (C=O) groups excluding carboxylic acids is 1. The molecule has 0 aliphatic carbocycles. The highest BCUT2D eigenvalue weighted by atomic mass is 35.5. The van der Waals surface area contributed by atoms with E-state index in [4.69, 9.17) is 16.3 Å². The number of nitrogens with zero attached hydrogens (tertiary/aromatic N) is 1. The second-order valence-electron chi connectivity index (χ2n) is 3.71. The smallest absolute Gasteiger partial charge is 0.168 e. The minimum Gasteiger partial charge on any atom is -0.487 e. The maximum Gasteiger partial charge on any atom is 0.168 e. The highest BCUT2D eigenvalue weighted by Crippen LogP contribution is 2.19. The Morgan fingerprint density at radius 2 is 1.94 bits per heavy atom. The zero-order valence-electron chi connectivity index (χ0n) is 9.67. The van der Waals surface area contributed by atoms with E-state index in [9.17, 15) is 4.79 Å². The molecule has 1 aromatic carbocycles. The molecule has 2 rings (SSSR count). The van der Waals surface area contributed by atoms with E-state index in [0.29, 0.717) is 30.0 Å². The van der Waals surface area contributed by atoms with Crippen molar-refractivity contribution in [2.75, 3.05) is 0 Å². The summed E-state index contributed by atoms with van der Waals surface area (Å²) < 4.78 is 5.65. The Morgan fingerprint density at radius 1 is 1.17 bits per heavy atom. The average molecular weight is 262 g/mol. The van der Waals surface area contributed by atoms with Crippen LogP contribution in [0.1, 0.15) is 21.7 Å². The van der Waals surface area contributed by atoms with Gasteiger partial charge in [-0.2, -0.15) is 0 Å². The van der Waals surface area contributed by atoms with Crippen LogP contribution in [0, 0.1) is 0 Å². The normalized spacial score (nSPS) is 10.1. The number of benzene rings is 1. The van der Waals surface area contributed by atoms with Gasteiger partial charge in [0.1, 0.15) is 18.1 Å². The number of alkyl halides is 1. The van der Waals surface area contributed by atoms with Gasteiger partial charge in [0.2, 0.25) is 0 Å². The predicted molar refractivity (Wildman–Crippen MR) is 70.0 cm³/mol. The van der Waals surface area contributed by atoms with Crippen molar-refractivity contribution in [2.24, 2.45) is 0 Å². The molecule has 0 amide bonds. The Morgan fingerprint density at radius 3 is 2.61 bits per heavy atom. The van der Waals surface area contributed by atoms with Crippen LogP contribution in [0.5, 0.6) is 5.75 Å². The Bertz CT molecular complexity index is 529. The Kier molecular flexibility index (Phi) is 4.31. The number of aldehydes is 1. The third kappa shape index (κ3) is 3.08. The molecular formula is C14H12ClNO2. The molecule has 1 heterocycles. The number of rotatable bonds is 5. The molecule has 0 aliphatic rings. The van der Waals surface area contributed by atoms with Gasteiger partial charge in [0.25, 0.3) is 0 Å². The summed E-state index contributed by atoms with van der Waals surface area (Å²) in [7, 11) is 0. The maximum atomic E-state index is 10.6. The van der Waals surface area contributed by atoms with Crippen LogP contribution in [0.4, 0.5) is 0 Å². The number of carbonyl (C=O) groups is 1. The molecule has 0 saturated carbocycles. The van der Waals surface area contributed by atoms with Gasteiger partial charge in [-0.1, -0.05) is 30.3 Å². The van der Waals surface area contributed by atoms with E-state index >= 15 is 0 Å². The van der Waals surface area contributed by atoms with Crippen LogP contribution in [-0.2, 0) is 12.5 Å². The summed E-state index contributed by atoms with van der Waals surface area (Å²) in [4.78, 5) is 14.7. The fraction of sp³-hybridized carbons (Fsp3) is 0.143. The highest BCUT2D eigenvalue weighted by molar-refractivity contribution is 6.17. The summed E-state index contributed by atoms with van der Waals surface area (Å²) in [6, 6.07) is 13.2. The van der Waals surface area contributed by atoms with Crippen LogP contribution in [0.3, 0.4) is 0 Å². The van der Waals surface area contributed by atoms with Crippen molar-refractivity contribution < 1.29 is 9.53 Å². The summed E-state index contributed by atoms with van der Waals surface area (Å²) in [5, 5.41) is 0. The predicted octanol–water partition coefficient (Wildman–Crippen LogP) is 3.21. The molecule has 0 radical (unpaired) electrons. The molecule has 18 heavy (non-hydrogen) atoms. The van der Waals surface area contributed by atoms with E-state index in [1.807, 2.05) is 30.3 Å². The van der Waals surface area contributed by atoms with Crippen LogP contribution < -0.4 is 4.74 Å². The van der Waals surface area contributed by atoms with Gasteiger partial charge in [0.15, 0.2) is 6.29 Å². The number of aromatic nitrogens is 1. The number of pyridine rings is 1. The average Bonchev–Trinajstić information content (AvgIpc) is 2.46. The van der Waals surface area contributed by atoms with E-state index < -0.39 is 0 Å². The second kappa shape index (κ2) is 6.17. The van der Waals surface area contributed by atoms with Crippen molar-refractivity contribution in [1.82, 2.24) is 4.98 Å². The number of hydrogen-bond donors (Lipinski definition) is 0. The number of halogens is 1. The zero-order valence-corrected chi connectivity index (χ0v) is 10.4. The van der Waals surface area contributed by atoms with Crippen molar-refractivity contribution in [3.05, 3.63) is 59.4 Å². The molecule has 0 aliphatic heterocycles. The highest BCUT2D eigenvalue weighted by Gasteiger charge is 2.06. The fourth-order valence-electron chi connectivity index (χ4n) is 1.53. The lowest BCUT2D eigenvalue weighted by Crippen LogP contribution is -2.01. The van der Waals surface area contributed by atoms with Gasteiger partial charge in [-0.3, -0.25) is 4.79 Å².